The molecule has 3 aromatic rings. The molecule has 32 heavy (non-hydrogen) atoms. The fraction of sp³-hybridized carbons (Fsp3) is 0.346. The summed E-state index contributed by atoms with van der Waals surface area (Å²) in [4.78, 5) is 23.9. The number of methoxy groups -OCH3 is 1. The number of benzene rings is 2. The highest BCUT2D eigenvalue weighted by molar-refractivity contribution is 5.78. The molecule has 2 aromatic carbocycles. The van der Waals surface area contributed by atoms with Gasteiger partial charge in [-0.1, -0.05) is 30.3 Å². The third-order valence-electron chi connectivity index (χ3n) is 6.69. The van der Waals surface area contributed by atoms with Gasteiger partial charge in [-0.25, -0.2) is 9.97 Å². The summed E-state index contributed by atoms with van der Waals surface area (Å²) in [6.07, 6.45) is 6.41. The first-order chi connectivity index (χ1) is 15.6. The van der Waals surface area contributed by atoms with Gasteiger partial charge in [-0.3, -0.25) is 9.69 Å². The van der Waals surface area contributed by atoms with Gasteiger partial charge in [0.2, 0.25) is 5.91 Å². The second-order valence-electron chi connectivity index (χ2n) is 8.83. The van der Waals surface area contributed by atoms with Crippen LogP contribution < -0.4 is 10.1 Å². The molecule has 0 saturated carbocycles. The Balaban J connectivity index is 1.33. The highest BCUT2D eigenvalue weighted by Crippen LogP contribution is 2.41. The van der Waals surface area contributed by atoms with Gasteiger partial charge in [-0.05, 0) is 42.7 Å². The number of carbonyl (C=O) groups excluding carboxylic acids is 1. The Hall–Kier alpha value is -3.25. The van der Waals surface area contributed by atoms with Crippen molar-refractivity contribution in [2.45, 2.75) is 37.3 Å². The van der Waals surface area contributed by atoms with Gasteiger partial charge in [0.15, 0.2) is 5.82 Å². The lowest BCUT2D eigenvalue weighted by Gasteiger charge is -2.39. The van der Waals surface area contributed by atoms with Gasteiger partial charge >= 0.3 is 0 Å². The average molecular weight is 429 g/mol. The van der Waals surface area contributed by atoms with Gasteiger partial charge in [0, 0.05) is 55.5 Å². The van der Waals surface area contributed by atoms with Gasteiger partial charge in [-0.2, -0.15) is 0 Å². The van der Waals surface area contributed by atoms with Crippen molar-refractivity contribution in [3.8, 4) is 17.1 Å². The number of rotatable bonds is 5. The summed E-state index contributed by atoms with van der Waals surface area (Å²) in [5.74, 6) is 1.98. The van der Waals surface area contributed by atoms with Crippen LogP contribution in [0.3, 0.4) is 0 Å². The second-order valence-corrected chi connectivity index (χ2v) is 8.83. The van der Waals surface area contributed by atoms with Crippen LogP contribution in [0.4, 0.5) is 0 Å². The summed E-state index contributed by atoms with van der Waals surface area (Å²) in [5.41, 5.74) is 3.14. The second kappa shape index (κ2) is 8.71. The molecule has 164 valence electrons. The van der Waals surface area contributed by atoms with Crippen molar-refractivity contribution in [2.24, 2.45) is 0 Å². The smallest absolute Gasteiger partial charge is 0.220 e. The van der Waals surface area contributed by atoms with Crippen LogP contribution in [0.5, 0.6) is 5.75 Å². The van der Waals surface area contributed by atoms with E-state index in [0.29, 0.717) is 12.2 Å². The van der Waals surface area contributed by atoms with Gasteiger partial charge in [0.05, 0.1) is 12.6 Å². The van der Waals surface area contributed by atoms with E-state index in [-0.39, 0.29) is 17.4 Å². The van der Waals surface area contributed by atoms with Crippen molar-refractivity contribution >= 4 is 5.91 Å². The van der Waals surface area contributed by atoms with Gasteiger partial charge < -0.3 is 10.1 Å². The average Bonchev–Trinajstić information content (AvgIpc) is 3.16. The molecule has 1 amide bonds. The standard InChI is InChI=1S/C26H28N4O2/c1-32-22-11-9-21(10-12-22)25-27-14-19(15-28-25)16-30-17-23(20-6-3-2-4-7-20)26(18-30)13-5-8-24(31)29-26/h2-4,6-7,9-12,14-15,23H,5,8,13,16-18H2,1H3,(H,29,31)/t23-,26+/m0/s1. The normalized spacial score (nSPS) is 23.3. The van der Waals surface area contributed by atoms with E-state index in [1.807, 2.05) is 42.7 Å². The summed E-state index contributed by atoms with van der Waals surface area (Å²) in [7, 11) is 1.66. The van der Waals surface area contributed by atoms with Crippen LogP contribution in [0.1, 0.15) is 36.3 Å². The minimum absolute atomic E-state index is 0.172. The maximum absolute atomic E-state index is 12.3. The quantitative estimate of drug-likeness (QED) is 0.670. The highest BCUT2D eigenvalue weighted by atomic mass is 16.5. The fourth-order valence-electron chi connectivity index (χ4n) is 5.17. The molecule has 0 unspecified atom stereocenters. The van der Waals surface area contributed by atoms with Crippen molar-refractivity contribution in [3.63, 3.8) is 0 Å². The number of piperidine rings is 1. The number of ether oxygens (including phenoxy) is 1. The lowest BCUT2D eigenvalue weighted by Crippen LogP contribution is -2.56. The van der Waals surface area contributed by atoms with E-state index in [1.165, 1.54) is 5.56 Å². The first-order valence-corrected chi connectivity index (χ1v) is 11.2. The molecule has 5 rings (SSSR count). The van der Waals surface area contributed by atoms with E-state index < -0.39 is 0 Å². The van der Waals surface area contributed by atoms with Crippen molar-refractivity contribution in [1.29, 1.82) is 0 Å². The van der Waals surface area contributed by atoms with E-state index >= 15 is 0 Å². The molecule has 2 saturated heterocycles. The minimum atomic E-state index is -0.194. The highest BCUT2D eigenvalue weighted by Gasteiger charge is 2.49. The summed E-state index contributed by atoms with van der Waals surface area (Å²) >= 11 is 0. The predicted octanol–water partition coefficient (Wildman–Crippen LogP) is 3.79. The Morgan fingerprint density at radius 2 is 1.84 bits per heavy atom. The topological polar surface area (TPSA) is 67.3 Å². The zero-order valence-electron chi connectivity index (χ0n) is 18.3. The third-order valence-corrected chi connectivity index (χ3v) is 6.69. The van der Waals surface area contributed by atoms with E-state index in [9.17, 15) is 4.79 Å². The maximum atomic E-state index is 12.3. The number of hydrogen-bond acceptors (Lipinski definition) is 5. The molecule has 1 aromatic heterocycles. The molecule has 2 aliphatic heterocycles. The van der Waals surface area contributed by atoms with Crippen molar-refractivity contribution in [2.75, 3.05) is 20.2 Å². The number of amides is 1. The van der Waals surface area contributed by atoms with Crippen LogP contribution in [0, 0.1) is 0 Å². The lowest BCUT2D eigenvalue weighted by atomic mass is 9.76. The first kappa shape index (κ1) is 20.6. The zero-order chi connectivity index (χ0) is 22.0. The molecule has 1 N–H and O–H groups in total. The SMILES string of the molecule is COc1ccc(-c2ncc(CN3C[C@@H](c4ccccc4)[C@@]4(CCCC(=O)N4)C3)cn2)cc1. The van der Waals surface area contributed by atoms with Crippen LogP contribution in [-0.2, 0) is 11.3 Å². The molecular weight excluding hydrogens is 400 g/mol. The molecule has 6 nitrogen and oxygen atoms in total. The predicted molar refractivity (Wildman–Crippen MR) is 123 cm³/mol. The van der Waals surface area contributed by atoms with Gasteiger partial charge in [0.25, 0.3) is 0 Å². The number of nitrogens with one attached hydrogen (secondary N) is 1. The van der Waals surface area contributed by atoms with E-state index in [0.717, 1.165) is 49.4 Å². The van der Waals surface area contributed by atoms with Crippen LogP contribution in [-0.4, -0.2) is 46.5 Å². The molecule has 1 spiro atoms. The van der Waals surface area contributed by atoms with Crippen LogP contribution in [0.15, 0.2) is 67.0 Å². The zero-order valence-corrected chi connectivity index (χ0v) is 18.3. The largest absolute Gasteiger partial charge is 0.497 e. The van der Waals surface area contributed by atoms with E-state index in [1.54, 1.807) is 7.11 Å². The van der Waals surface area contributed by atoms with Crippen molar-refractivity contribution < 1.29 is 9.53 Å². The van der Waals surface area contributed by atoms with Crippen molar-refractivity contribution in [3.05, 3.63) is 78.1 Å². The summed E-state index contributed by atoms with van der Waals surface area (Å²) in [5, 5.41) is 3.37. The Labute approximate surface area is 188 Å². The van der Waals surface area contributed by atoms with Crippen LogP contribution >= 0.6 is 0 Å². The van der Waals surface area contributed by atoms with Crippen molar-refractivity contribution in [1.82, 2.24) is 20.2 Å². The monoisotopic (exact) mass is 428 g/mol. The molecule has 0 aliphatic carbocycles. The Morgan fingerprint density at radius 1 is 1.09 bits per heavy atom. The lowest BCUT2D eigenvalue weighted by molar-refractivity contribution is -0.125. The maximum Gasteiger partial charge on any atom is 0.220 e. The molecule has 6 heteroatoms. The minimum Gasteiger partial charge on any atom is -0.497 e. The van der Waals surface area contributed by atoms with Crippen LogP contribution in [0.25, 0.3) is 11.4 Å². The van der Waals surface area contributed by atoms with E-state index in [2.05, 4.69) is 44.5 Å². The Bertz CT molecular complexity index is 1070. The Kier molecular flexibility index (Phi) is 5.62. The number of nitrogens with zero attached hydrogens (tertiary/aromatic N) is 3. The van der Waals surface area contributed by atoms with Crippen LogP contribution in [0.2, 0.25) is 0 Å². The molecule has 2 aliphatic rings. The number of likely N-dealkylation sites (tertiary alicyclic amines) is 1. The van der Waals surface area contributed by atoms with Gasteiger partial charge in [0.1, 0.15) is 5.75 Å². The molecule has 2 fully saturated rings. The number of carbonyl (C=O) groups is 1. The third kappa shape index (κ3) is 4.10. The number of hydrogen-bond donors (Lipinski definition) is 1. The summed E-state index contributed by atoms with van der Waals surface area (Å²) < 4.78 is 5.22. The molecular formula is C26H28N4O2. The Morgan fingerprint density at radius 3 is 2.53 bits per heavy atom. The number of aromatic nitrogens is 2. The summed E-state index contributed by atoms with van der Waals surface area (Å²) in [6.45, 7) is 2.52. The first-order valence-electron chi connectivity index (χ1n) is 11.2. The fourth-order valence-corrected chi connectivity index (χ4v) is 5.17. The molecule has 0 radical (unpaired) electrons. The van der Waals surface area contributed by atoms with E-state index in [4.69, 9.17) is 4.74 Å². The molecule has 3 heterocycles. The molecule has 2 atom stereocenters. The molecule has 0 bridgehead atoms. The summed E-state index contributed by atoms with van der Waals surface area (Å²) in [6, 6.07) is 18.3. The van der Waals surface area contributed by atoms with Gasteiger partial charge in [-0.15, -0.1) is 0 Å².